The average molecular weight is 423 g/mol. The molecule has 5 nitrogen and oxygen atoms in total. The minimum atomic E-state index is -0.725. The molecule has 0 fully saturated rings. The van der Waals surface area contributed by atoms with E-state index in [0.29, 0.717) is 22.0 Å². The summed E-state index contributed by atoms with van der Waals surface area (Å²) < 4.78 is 5.69. The highest BCUT2D eigenvalue weighted by molar-refractivity contribution is 6.31. The molecule has 30 heavy (non-hydrogen) atoms. The van der Waals surface area contributed by atoms with Gasteiger partial charge in [-0.3, -0.25) is 9.59 Å². The summed E-state index contributed by atoms with van der Waals surface area (Å²) in [4.78, 5) is 24.7. The van der Waals surface area contributed by atoms with Gasteiger partial charge in [0.1, 0.15) is 5.75 Å². The van der Waals surface area contributed by atoms with Crippen molar-refractivity contribution in [2.24, 2.45) is 0 Å². The molecule has 1 atom stereocenters. The summed E-state index contributed by atoms with van der Waals surface area (Å²) in [5.74, 6) is -0.0185. The van der Waals surface area contributed by atoms with Crippen molar-refractivity contribution in [3.05, 3.63) is 88.4 Å². The third kappa shape index (κ3) is 5.61. The number of anilines is 2. The second-order valence-electron chi connectivity index (χ2n) is 7.06. The number of benzene rings is 3. The van der Waals surface area contributed by atoms with Gasteiger partial charge in [0, 0.05) is 22.0 Å². The van der Waals surface area contributed by atoms with E-state index in [1.165, 1.54) is 0 Å². The van der Waals surface area contributed by atoms with Gasteiger partial charge in [-0.2, -0.15) is 0 Å². The van der Waals surface area contributed by atoms with E-state index in [2.05, 4.69) is 10.6 Å². The Bertz CT molecular complexity index is 1050. The number of carbonyl (C=O) groups is 2. The van der Waals surface area contributed by atoms with E-state index in [9.17, 15) is 9.59 Å². The maximum Gasteiger partial charge on any atom is 0.265 e. The predicted molar refractivity (Wildman–Crippen MR) is 120 cm³/mol. The first-order valence-corrected chi connectivity index (χ1v) is 9.91. The molecule has 0 aromatic heterocycles. The van der Waals surface area contributed by atoms with E-state index in [1.54, 1.807) is 43.3 Å². The van der Waals surface area contributed by atoms with Gasteiger partial charge in [0.2, 0.25) is 0 Å². The maximum atomic E-state index is 12.4. The highest BCUT2D eigenvalue weighted by Crippen LogP contribution is 2.21. The molecule has 2 N–H and O–H groups in total. The molecule has 0 aliphatic rings. The van der Waals surface area contributed by atoms with Crippen LogP contribution in [-0.2, 0) is 4.79 Å². The van der Waals surface area contributed by atoms with Crippen LogP contribution in [0, 0.1) is 13.8 Å². The normalized spacial score (nSPS) is 11.5. The van der Waals surface area contributed by atoms with Gasteiger partial charge in [-0.15, -0.1) is 0 Å². The molecule has 0 aliphatic carbocycles. The molecule has 0 saturated heterocycles. The van der Waals surface area contributed by atoms with Crippen molar-refractivity contribution in [1.82, 2.24) is 0 Å². The van der Waals surface area contributed by atoms with Crippen LogP contribution >= 0.6 is 11.6 Å². The lowest BCUT2D eigenvalue weighted by Gasteiger charge is -2.15. The van der Waals surface area contributed by atoms with E-state index in [0.717, 1.165) is 16.8 Å². The molecule has 0 radical (unpaired) electrons. The van der Waals surface area contributed by atoms with Crippen LogP contribution in [0.5, 0.6) is 5.75 Å². The molecular formula is C24H23ClN2O3. The van der Waals surface area contributed by atoms with Gasteiger partial charge in [-0.1, -0.05) is 35.4 Å². The minimum Gasteiger partial charge on any atom is -0.481 e. The smallest absolute Gasteiger partial charge is 0.265 e. The Balaban J connectivity index is 1.57. The van der Waals surface area contributed by atoms with Crippen LogP contribution in [0.15, 0.2) is 66.7 Å². The van der Waals surface area contributed by atoms with Crippen LogP contribution in [0.1, 0.15) is 28.4 Å². The fourth-order valence-electron chi connectivity index (χ4n) is 2.70. The van der Waals surface area contributed by atoms with E-state index in [-0.39, 0.29) is 11.8 Å². The summed E-state index contributed by atoms with van der Waals surface area (Å²) in [5, 5.41) is 6.21. The van der Waals surface area contributed by atoms with E-state index >= 15 is 0 Å². The van der Waals surface area contributed by atoms with Crippen LogP contribution in [-0.4, -0.2) is 17.9 Å². The molecule has 3 aromatic carbocycles. The molecular weight excluding hydrogens is 400 g/mol. The molecule has 6 heteroatoms. The molecule has 0 heterocycles. The van der Waals surface area contributed by atoms with Gasteiger partial charge in [0.15, 0.2) is 6.10 Å². The highest BCUT2D eigenvalue weighted by Gasteiger charge is 2.16. The zero-order chi connectivity index (χ0) is 21.7. The van der Waals surface area contributed by atoms with Gasteiger partial charge >= 0.3 is 0 Å². The number of hydrogen-bond acceptors (Lipinski definition) is 3. The number of nitrogens with one attached hydrogen (secondary N) is 2. The highest BCUT2D eigenvalue weighted by atomic mass is 35.5. The predicted octanol–water partition coefficient (Wildman–Crippen LogP) is 5.62. The first kappa shape index (κ1) is 21.4. The fraction of sp³-hybridized carbons (Fsp3) is 0.167. The lowest BCUT2D eigenvalue weighted by molar-refractivity contribution is -0.122. The number of rotatable bonds is 6. The molecule has 0 unspecified atom stereocenters. The number of carbonyl (C=O) groups excluding carboxylic acids is 2. The Morgan fingerprint density at radius 2 is 1.50 bits per heavy atom. The monoisotopic (exact) mass is 422 g/mol. The average Bonchev–Trinajstić information content (AvgIpc) is 2.73. The Hall–Kier alpha value is -3.31. The van der Waals surface area contributed by atoms with Crippen molar-refractivity contribution in [2.75, 3.05) is 10.6 Å². The summed E-state index contributed by atoms with van der Waals surface area (Å²) in [7, 11) is 0. The molecule has 3 aromatic rings. The zero-order valence-electron chi connectivity index (χ0n) is 17.0. The molecule has 0 spiro atoms. The van der Waals surface area contributed by atoms with E-state index in [4.69, 9.17) is 16.3 Å². The number of hydrogen-bond donors (Lipinski definition) is 2. The first-order chi connectivity index (χ1) is 14.3. The summed E-state index contributed by atoms with van der Waals surface area (Å²) in [6.45, 7) is 5.54. The molecule has 154 valence electrons. The molecule has 2 amide bonds. The van der Waals surface area contributed by atoms with Crippen molar-refractivity contribution >= 4 is 34.8 Å². The van der Waals surface area contributed by atoms with Gasteiger partial charge < -0.3 is 15.4 Å². The number of halogens is 1. The summed E-state index contributed by atoms with van der Waals surface area (Å²) >= 11 is 6.09. The van der Waals surface area contributed by atoms with Crippen LogP contribution in [0.3, 0.4) is 0 Å². The first-order valence-electron chi connectivity index (χ1n) is 9.53. The number of amides is 2. The Kier molecular flexibility index (Phi) is 6.75. The third-order valence-electron chi connectivity index (χ3n) is 4.55. The van der Waals surface area contributed by atoms with E-state index in [1.807, 2.05) is 44.2 Å². The van der Waals surface area contributed by atoms with Gasteiger partial charge in [-0.05, 0) is 74.9 Å². The lowest BCUT2D eigenvalue weighted by Crippen LogP contribution is -2.30. The Morgan fingerprint density at radius 1 is 0.867 bits per heavy atom. The summed E-state index contributed by atoms with van der Waals surface area (Å²) in [5.41, 5.74) is 3.89. The molecule has 0 bridgehead atoms. The van der Waals surface area contributed by atoms with Crippen LogP contribution in [0.4, 0.5) is 11.4 Å². The van der Waals surface area contributed by atoms with Gasteiger partial charge in [0.25, 0.3) is 11.8 Å². The van der Waals surface area contributed by atoms with Crippen molar-refractivity contribution in [3.8, 4) is 5.75 Å². The van der Waals surface area contributed by atoms with Crippen molar-refractivity contribution in [1.29, 1.82) is 0 Å². The van der Waals surface area contributed by atoms with Crippen LogP contribution < -0.4 is 15.4 Å². The number of aryl methyl sites for hydroxylation is 2. The van der Waals surface area contributed by atoms with Gasteiger partial charge in [0.05, 0.1) is 0 Å². The molecule has 3 rings (SSSR count). The van der Waals surface area contributed by atoms with Crippen molar-refractivity contribution in [2.45, 2.75) is 26.9 Å². The van der Waals surface area contributed by atoms with Crippen LogP contribution in [0.25, 0.3) is 0 Å². The quantitative estimate of drug-likeness (QED) is 0.542. The topological polar surface area (TPSA) is 67.4 Å². The lowest BCUT2D eigenvalue weighted by atomic mass is 10.2. The second-order valence-corrected chi connectivity index (χ2v) is 7.47. The standard InChI is InChI=1S/C24H23ClN2O3/c1-15-4-9-19(10-5-15)26-24(29)18-7-12-21(13-8-18)30-17(3)23(28)27-20-11-6-16(2)22(25)14-20/h4-14,17H,1-3H3,(H,26,29)(H,27,28)/t17-/m0/s1. The second kappa shape index (κ2) is 9.46. The zero-order valence-corrected chi connectivity index (χ0v) is 17.8. The Morgan fingerprint density at radius 3 is 2.13 bits per heavy atom. The molecule has 0 aliphatic heterocycles. The maximum absolute atomic E-state index is 12.4. The van der Waals surface area contributed by atoms with Gasteiger partial charge in [-0.25, -0.2) is 0 Å². The SMILES string of the molecule is Cc1ccc(NC(=O)c2ccc(O[C@@H](C)C(=O)Nc3ccc(C)c(Cl)c3)cc2)cc1. The Labute approximate surface area is 181 Å². The van der Waals surface area contributed by atoms with E-state index < -0.39 is 6.10 Å². The molecule has 0 saturated carbocycles. The summed E-state index contributed by atoms with van der Waals surface area (Å²) in [6, 6.07) is 19.5. The number of ether oxygens (including phenoxy) is 1. The minimum absolute atomic E-state index is 0.215. The largest absolute Gasteiger partial charge is 0.481 e. The van der Waals surface area contributed by atoms with Crippen molar-refractivity contribution in [3.63, 3.8) is 0 Å². The summed E-state index contributed by atoms with van der Waals surface area (Å²) in [6.07, 6.45) is -0.725. The third-order valence-corrected chi connectivity index (χ3v) is 4.95. The van der Waals surface area contributed by atoms with Crippen LogP contribution in [0.2, 0.25) is 5.02 Å². The van der Waals surface area contributed by atoms with Crippen molar-refractivity contribution < 1.29 is 14.3 Å². The fourth-order valence-corrected chi connectivity index (χ4v) is 2.88.